The second kappa shape index (κ2) is 8.75. The number of hydrogen-bond donors (Lipinski definition) is 1. The first-order chi connectivity index (χ1) is 16.8. The molecular weight excluding hydrogens is 455 g/mol. The fraction of sp³-hybridized carbons (Fsp3) is 0.115. The Morgan fingerprint density at radius 3 is 2.11 bits per heavy atom. The molecule has 0 saturated heterocycles. The van der Waals surface area contributed by atoms with E-state index in [4.69, 9.17) is 10.7 Å². The fourth-order valence-electron chi connectivity index (χ4n) is 3.94. The predicted octanol–water partition coefficient (Wildman–Crippen LogP) is 5.86. The van der Waals surface area contributed by atoms with E-state index in [9.17, 15) is 13.2 Å². The van der Waals surface area contributed by atoms with Crippen LogP contribution in [0.25, 0.3) is 27.8 Å². The zero-order valence-electron chi connectivity index (χ0n) is 18.6. The highest BCUT2D eigenvalue weighted by molar-refractivity contribution is 5.89. The fourth-order valence-corrected chi connectivity index (χ4v) is 3.94. The smallest absolute Gasteiger partial charge is 0.406 e. The summed E-state index contributed by atoms with van der Waals surface area (Å²) in [4.78, 5) is 9.23. The first-order valence-electron chi connectivity index (χ1n) is 10.8. The summed E-state index contributed by atoms with van der Waals surface area (Å²) >= 11 is 0. The molecule has 0 spiro atoms. The van der Waals surface area contributed by atoms with E-state index in [1.807, 2.05) is 61.5 Å². The Hall–Kier alpha value is -4.40. The predicted molar refractivity (Wildman–Crippen MR) is 127 cm³/mol. The number of ether oxygens (including phenoxy) is 1. The molecular formula is C26H20F3N5O. The molecule has 3 aromatic carbocycles. The normalized spacial score (nSPS) is 11.7. The van der Waals surface area contributed by atoms with E-state index in [2.05, 4.69) is 14.8 Å². The molecule has 35 heavy (non-hydrogen) atoms. The molecule has 2 heterocycles. The van der Waals surface area contributed by atoms with Gasteiger partial charge in [0, 0.05) is 6.42 Å². The van der Waals surface area contributed by atoms with Crippen LogP contribution in [-0.2, 0) is 6.42 Å². The molecule has 6 nitrogen and oxygen atoms in total. The van der Waals surface area contributed by atoms with Crippen LogP contribution in [0.5, 0.6) is 5.75 Å². The molecule has 0 atom stereocenters. The van der Waals surface area contributed by atoms with Crippen LogP contribution in [0.15, 0.2) is 78.9 Å². The van der Waals surface area contributed by atoms with Crippen molar-refractivity contribution in [3.05, 3.63) is 95.9 Å². The SMILES string of the molecule is Cc1nn(-c2ccc(-c3ccc(OC(F)(F)F)cc3)cc2)c2nc(Cc3ccccc3)nc(N)c12. The summed E-state index contributed by atoms with van der Waals surface area (Å²) < 4.78 is 42.8. The summed E-state index contributed by atoms with van der Waals surface area (Å²) in [6.45, 7) is 1.86. The second-order valence-corrected chi connectivity index (χ2v) is 8.00. The third-order valence-electron chi connectivity index (χ3n) is 5.51. The van der Waals surface area contributed by atoms with Crippen LogP contribution in [0.3, 0.4) is 0 Å². The zero-order chi connectivity index (χ0) is 24.6. The Morgan fingerprint density at radius 1 is 0.857 bits per heavy atom. The lowest BCUT2D eigenvalue weighted by Crippen LogP contribution is -2.16. The summed E-state index contributed by atoms with van der Waals surface area (Å²) in [5.41, 5.74) is 11.0. The van der Waals surface area contributed by atoms with Crippen LogP contribution in [0.1, 0.15) is 17.1 Å². The van der Waals surface area contributed by atoms with Gasteiger partial charge in [-0.3, -0.25) is 0 Å². The minimum absolute atomic E-state index is 0.264. The van der Waals surface area contributed by atoms with Crippen LogP contribution < -0.4 is 10.5 Å². The van der Waals surface area contributed by atoms with E-state index >= 15 is 0 Å². The van der Waals surface area contributed by atoms with Crippen LogP contribution >= 0.6 is 0 Å². The van der Waals surface area contributed by atoms with Gasteiger partial charge in [-0.15, -0.1) is 13.2 Å². The molecule has 0 bridgehead atoms. The molecule has 2 N–H and O–H groups in total. The summed E-state index contributed by atoms with van der Waals surface area (Å²) in [6.07, 6.45) is -4.18. The maximum atomic E-state index is 12.4. The monoisotopic (exact) mass is 475 g/mol. The van der Waals surface area contributed by atoms with Gasteiger partial charge in [0.25, 0.3) is 0 Å². The summed E-state index contributed by atoms with van der Waals surface area (Å²) in [5, 5.41) is 5.33. The zero-order valence-corrected chi connectivity index (χ0v) is 18.6. The van der Waals surface area contributed by atoms with Crippen molar-refractivity contribution in [2.45, 2.75) is 19.7 Å². The molecule has 0 unspecified atom stereocenters. The largest absolute Gasteiger partial charge is 0.573 e. The number of rotatable bonds is 5. The van der Waals surface area contributed by atoms with Crippen molar-refractivity contribution in [3.8, 4) is 22.6 Å². The maximum absolute atomic E-state index is 12.4. The van der Waals surface area contributed by atoms with Crippen molar-refractivity contribution in [3.63, 3.8) is 0 Å². The minimum Gasteiger partial charge on any atom is -0.406 e. The van der Waals surface area contributed by atoms with E-state index < -0.39 is 6.36 Å². The lowest BCUT2D eigenvalue weighted by molar-refractivity contribution is -0.274. The Bertz CT molecular complexity index is 1480. The highest BCUT2D eigenvalue weighted by Crippen LogP contribution is 2.29. The highest BCUT2D eigenvalue weighted by Gasteiger charge is 2.31. The topological polar surface area (TPSA) is 78.8 Å². The number of benzene rings is 3. The van der Waals surface area contributed by atoms with Gasteiger partial charge in [0.05, 0.1) is 16.8 Å². The number of aromatic nitrogens is 4. The van der Waals surface area contributed by atoms with Crippen LogP contribution in [0, 0.1) is 6.92 Å². The van der Waals surface area contributed by atoms with Gasteiger partial charge < -0.3 is 10.5 Å². The molecule has 0 saturated carbocycles. The summed E-state index contributed by atoms with van der Waals surface area (Å²) in [6, 6.07) is 23.1. The minimum atomic E-state index is -4.72. The quantitative estimate of drug-likeness (QED) is 0.344. The number of nitrogens with zero attached hydrogens (tertiary/aromatic N) is 4. The highest BCUT2D eigenvalue weighted by atomic mass is 19.4. The van der Waals surface area contributed by atoms with Gasteiger partial charge in [-0.05, 0) is 47.9 Å². The molecule has 0 radical (unpaired) electrons. The lowest BCUT2D eigenvalue weighted by Gasteiger charge is -2.10. The third kappa shape index (κ3) is 4.79. The van der Waals surface area contributed by atoms with Crippen LogP contribution in [0.4, 0.5) is 19.0 Å². The van der Waals surface area contributed by atoms with Gasteiger partial charge in [-0.25, -0.2) is 14.6 Å². The van der Waals surface area contributed by atoms with Crippen molar-refractivity contribution in [2.24, 2.45) is 0 Å². The van der Waals surface area contributed by atoms with Crippen molar-refractivity contribution in [1.82, 2.24) is 19.7 Å². The second-order valence-electron chi connectivity index (χ2n) is 8.00. The number of aryl methyl sites for hydroxylation is 1. The van der Waals surface area contributed by atoms with E-state index in [1.54, 1.807) is 16.8 Å². The van der Waals surface area contributed by atoms with Crippen molar-refractivity contribution in [2.75, 3.05) is 5.73 Å². The van der Waals surface area contributed by atoms with Crippen molar-refractivity contribution in [1.29, 1.82) is 0 Å². The van der Waals surface area contributed by atoms with Crippen molar-refractivity contribution < 1.29 is 17.9 Å². The molecule has 0 aliphatic heterocycles. The standard InChI is InChI=1S/C26H20F3N5O/c1-16-23-24(30)31-22(15-17-5-3-2-4-6-17)32-25(23)34(33-16)20-11-7-18(8-12-20)19-9-13-21(14-10-19)35-26(27,28)29/h2-14H,15H2,1H3,(H2,30,31,32). The van der Waals surface area contributed by atoms with E-state index in [0.717, 1.165) is 22.4 Å². The third-order valence-corrected chi connectivity index (χ3v) is 5.51. The number of anilines is 1. The molecule has 2 aromatic heterocycles. The molecule has 5 rings (SSSR count). The number of halogens is 3. The van der Waals surface area contributed by atoms with Gasteiger partial charge in [0.2, 0.25) is 0 Å². The van der Waals surface area contributed by atoms with Gasteiger partial charge in [0.1, 0.15) is 17.4 Å². The Kier molecular flexibility index (Phi) is 5.60. The lowest BCUT2D eigenvalue weighted by atomic mass is 10.1. The maximum Gasteiger partial charge on any atom is 0.573 e. The van der Waals surface area contributed by atoms with Gasteiger partial charge in [-0.1, -0.05) is 54.6 Å². The molecule has 9 heteroatoms. The van der Waals surface area contributed by atoms with E-state index in [-0.39, 0.29) is 5.75 Å². The average molecular weight is 475 g/mol. The van der Waals surface area contributed by atoms with E-state index in [1.165, 1.54) is 12.1 Å². The van der Waals surface area contributed by atoms with Crippen LogP contribution in [-0.4, -0.2) is 26.1 Å². The Morgan fingerprint density at radius 2 is 1.49 bits per heavy atom. The van der Waals surface area contributed by atoms with Gasteiger partial charge in [-0.2, -0.15) is 5.10 Å². The molecule has 0 aliphatic carbocycles. The van der Waals surface area contributed by atoms with Crippen molar-refractivity contribution >= 4 is 16.9 Å². The number of nitrogen functional groups attached to an aromatic ring is 1. The Balaban J connectivity index is 1.46. The molecule has 0 aliphatic rings. The molecule has 5 aromatic rings. The summed E-state index contributed by atoms with van der Waals surface area (Å²) in [7, 11) is 0. The average Bonchev–Trinajstić information content (AvgIpc) is 3.16. The van der Waals surface area contributed by atoms with Crippen LogP contribution in [0.2, 0.25) is 0 Å². The van der Waals surface area contributed by atoms with Gasteiger partial charge >= 0.3 is 6.36 Å². The molecule has 0 amide bonds. The molecule has 0 fully saturated rings. The first-order valence-corrected chi connectivity index (χ1v) is 10.8. The Labute approximate surface area is 198 Å². The number of nitrogens with two attached hydrogens (primary N) is 1. The number of hydrogen-bond acceptors (Lipinski definition) is 5. The first kappa shape index (κ1) is 22.4. The van der Waals surface area contributed by atoms with Gasteiger partial charge in [0.15, 0.2) is 5.65 Å². The number of alkyl halides is 3. The molecule has 176 valence electrons. The van der Waals surface area contributed by atoms with E-state index in [0.29, 0.717) is 34.8 Å². The summed E-state index contributed by atoms with van der Waals surface area (Å²) in [5.74, 6) is 0.711. The number of fused-ring (bicyclic) bond motifs is 1.